The zero-order valence-corrected chi connectivity index (χ0v) is 42.6. The van der Waals surface area contributed by atoms with E-state index in [2.05, 4.69) is 111 Å². The molecule has 0 aromatic rings. The van der Waals surface area contributed by atoms with Crippen molar-refractivity contribution in [2.24, 2.45) is 0 Å². The summed E-state index contributed by atoms with van der Waals surface area (Å²) in [6.07, 6.45) is 67.8. The molecule has 0 bridgehead atoms. The molecule has 3 unspecified atom stereocenters. The van der Waals surface area contributed by atoms with E-state index in [0.29, 0.717) is 19.3 Å². The zero-order chi connectivity index (χ0) is 47.4. The summed E-state index contributed by atoms with van der Waals surface area (Å²) in [5, 5.41) is 23.7. The predicted molar refractivity (Wildman–Crippen MR) is 282 cm³/mol. The van der Waals surface area contributed by atoms with Gasteiger partial charge in [0.2, 0.25) is 5.91 Å². The third kappa shape index (κ3) is 47.3. The third-order valence-corrected chi connectivity index (χ3v) is 11.9. The summed E-state index contributed by atoms with van der Waals surface area (Å²) < 4.78 is 5.93. The molecule has 6 nitrogen and oxygen atoms in total. The SMILES string of the molecule is CCCCC/C=C\C/C=C\C/C=C\C/C=C\CCCCCC(=O)OC(CCCCCC/C=C\C/C=C\C/C=C\CCCCC)CC(=O)NC(CO)C(O)CCCCCCCCCCCC. The summed E-state index contributed by atoms with van der Waals surface area (Å²) in [7, 11) is 0. The molecule has 0 spiro atoms. The lowest BCUT2D eigenvalue weighted by Gasteiger charge is -2.24. The van der Waals surface area contributed by atoms with Crippen molar-refractivity contribution in [2.75, 3.05) is 6.61 Å². The summed E-state index contributed by atoms with van der Waals surface area (Å²) in [4.78, 5) is 26.2. The van der Waals surface area contributed by atoms with Crippen LogP contribution in [-0.2, 0) is 14.3 Å². The molecule has 0 aliphatic rings. The molecular formula is C59H103NO5. The van der Waals surface area contributed by atoms with E-state index in [1.807, 2.05) is 0 Å². The Morgan fingerprint density at radius 3 is 1.22 bits per heavy atom. The number of carbonyl (C=O) groups excluding carboxylic acids is 2. The molecule has 0 aliphatic heterocycles. The van der Waals surface area contributed by atoms with Crippen LogP contribution in [0.2, 0.25) is 0 Å². The lowest BCUT2D eigenvalue weighted by molar-refractivity contribution is -0.151. The van der Waals surface area contributed by atoms with Crippen molar-refractivity contribution < 1.29 is 24.5 Å². The van der Waals surface area contributed by atoms with Crippen LogP contribution in [0.15, 0.2) is 85.1 Å². The van der Waals surface area contributed by atoms with Gasteiger partial charge in [-0.3, -0.25) is 9.59 Å². The molecule has 0 aromatic heterocycles. The van der Waals surface area contributed by atoms with E-state index in [9.17, 15) is 19.8 Å². The van der Waals surface area contributed by atoms with Crippen LogP contribution in [-0.4, -0.2) is 46.9 Å². The van der Waals surface area contributed by atoms with E-state index >= 15 is 0 Å². The van der Waals surface area contributed by atoms with Gasteiger partial charge in [-0.2, -0.15) is 0 Å². The van der Waals surface area contributed by atoms with E-state index in [1.54, 1.807) is 0 Å². The van der Waals surface area contributed by atoms with E-state index in [0.717, 1.165) is 109 Å². The maximum Gasteiger partial charge on any atom is 0.306 e. The van der Waals surface area contributed by atoms with E-state index in [1.165, 1.54) is 96.3 Å². The van der Waals surface area contributed by atoms with Gasteiger partial charge in [0.1, 0.15) is 6.10 Å². The lowest BCUT2D eigenvalue weighted by Crippen LogP contribution is -2.46. The normalized spacial score (nSPS) is 13.9. The zero-order valence-electron chi connectivity index (χ0n) is 42.6. The number of esters is 1. The van der Waals surface area contributed by atoms with Crippen LogP contribution in [0.1, 0.15) is 252 Å². The van der Waals surface area contributed by atoms with Gasteiger partial charge >= 0.3 is 5.97 Å². The topological polar surface area (TPSA) is 95.9 Å². The fraction of sp³-hybridized carbons (Fsp3) is 0.729. The number of carbonyl (C=O) groups is 2. The second kappa shape index (κ2) is 52.0. The monoisotopic (exact) mass is 906 g/mol. The van der Waals surface area contributed by atoms with Crippen molar-refractivity contribution in [2.45, 2.75) is 270 Å². The van der Waals surface area contributed by atoms with Crippen LogP contribution >= 0.6 is 0 Å². The Bertz CT molecular complexity index is 1250. The number of amides is 1. The molecule has 0 heterocycles. The van der Waals surface area contributed by atoms with Crippen molar-refractivity contribution in [3.63, 3.8) is 0 Å². The smallest absolute Gasteiger partial charge is 0.306 e. The molecule has 0 aromatic carbocycles. The lowest BCUT2D eigenvalue weighted by atomic mass is 10.0. The minimum Gasteiger partial charge on any atom is -0.462 e. The Kier molecular flexibility index (Phi) is 49.6. The minimum absolute atomic E-state index is 0.0458. The van der Waals surface area contributed by atoms with Crippen LogP contribution < -0.4 is 5.32 Å². The Labute approximate surface area is 402 Å². The standard InChI is InChI=1S/C59H103NO5/c1-4-7-10-13-16-19-22-24-26-28-29-31-33-35-37-40-43-46-49-52-59(64)65-55(50-47-44-41-38-36-34-32-30-27-25-23-20-17-14-11-8-5-2)53-58(63)60-56(54-61)57(62)51-48-45-42-39-21-18-15-12-9-6-3/h16-17,19-20,24-27,29,31-32,34-35,37,55-57,61-62H,4-15,18,21-23,28,30,33,36,38-54H2,1-3H3,(H,60,63)/b19-16-,20-17-,26-24-,27-25-,31-29-,34-32-,37-35-. The largest absolute Gasteiger partial charge is 0.462 e. The van der Waals surface area contributed by atoms with Crippen molar-refractivity contribution >= 4 is 11.9 Å². The van der Waals surface area contributed by atoms with Gasteiger partial charge in [-0.25, -0.2) is 0 Å². The number of unbranched alkanes of at least 4 members (excludes halogenated alkanes) is 22. The van der Waals surface area contributed by atoms with Gasteiger partial charge in [0.25, 0.3) is 0 Å². The number of nitrogens with one attached hydrogen (secondary N) is 1. The van der Waals surface area contributed by atoms with Crippen molar-refractivity contribution in [3.05, 3.63) is 85.1 Å². The summed E-state index contributed by atoms with van der Waals surface area (Å²) in [6.45, 7) is 6.40. The first-order chi connectivity index (χ1) is 32.0. The molecule has 0 rings (SSSR count). The first-order valence-corrected chi connectivity index (χ1v) is 27.3. The number of allylic oxidation sites excluding steroid dienone is 14. The highest BCUT2D eigenvalue weighted by molar-refractivity contribution is 5.77. The van der Waals surface area contributed by atoms with E-state index in [4.69, 9.17) is 4.74 Å². The van der Waals surface area contributed by atoms with Crippen molar-refractivity contribution in [1.29, 1.82) is 0 Å². The molecule has 65 heavy (non-hydrogen) atoms. The van der Waals surface area contributed by atoms with Gasteiger partial charge in [-0.05, 0) is 109 Å². The molecule has 3 N–H and O–H groups in total. The molecule has 0 saturated carbocycles. The van der Waals surface area contributed by atoms with Crippen LogP contribution in [0.5, 0.6) is 0 Å². The first kappa shape index (κ1) is 62.0. The van der Waals surface area contributed by atoms with Gasteiger partial charge < -0.3 is 20.3 Å². The fourth-order valence-corrected chi connectivity index (χ4v) is 7.77. The van der Waals surface area contributed by atoms with Crippen LogP contribution in [0, 0.1) is 0 Å². The highest BCUT2D eigenvalue weighted by Crippen LogP contribution is 2.17. The Balaban J connectivity index is 4.69. The number of ether oxygens (including phenoxy) is 1. The highest BCUT2D eigenvalue weighted by Gasteiger charge is 2.24. The summed E-state index contributed by atoms with van der Waals surface area (Å²) >= 11 is 0. The van der Waals surface area contributed by atoms with Crippen LogP contribution in [0.4, 0.5) is 0 Å². The molecule has 6 heteroatoms. The number of aliphatic hydroxyl groups excluding tert-OH is 2. The maximum absolute atomic E-state index is 13.2. The number of aliphatic hydroxyl groups is 2. The van der Waals surface area contributed by atoms with Crippen LogP contribution in [0.25, 0.3) is 0 Å². The number of hydrogen-bond acceptors (Lipinski definition) is 5. The van der Waals surface area contributed by atoms with E-state index in [-0.39, 0.29) is 24.9 Å². The molecule has 0 fully saturated rings. The summed E-state index contributed by atoms with van der Waals surface area (Å²) in [5.41, 5.74) is 0. The third-order valence-electron chi connectivity index (χ3n) is 11.9. The summed E-state index contributed by atoms with van der Waals surface area (Å²) in [5.74, 6) is -0.535. The maximum atomic E-state index is 13.2. The number of hydrogen-bond donors (Lipinski definition) is 3. The first-order valence-electron chi connectivity index (χ1n) is 27.3. The Morgan fingerprint density at radius 1 is 0.446 bits per heavy atom. The van der Waals surface area contributed by atoms with E-state index < -0.39 is 18.2 Å². The fourth-order valence-electron chi connectivity index (χ4n) is 7.77. The van der Waals surface area contributed by atoms with Gasteiger partial charge in [-0.15, -0.1) is 0 Å². The Hall–Kier alpha value is -2.96. The molecular weight excluding hydrogens is 803 g/mol. The summed E-state index contributed by atoms with van der Waals surface area (Å²) in [6, 6.07) is -0.720. The van der Waals surface area contributed by atoms with Crippen molar-refractivity contribution in [1.82, 2.24) is 5.32 Å². The van der Waals surface area contributed by atoms with Gasteiger partial charge in [0.15, 0.2) is 0 Å². The highest BCUT2D eigenvalue weighted by atomic mass is 16.5. The second-order valence-corrected chi connectivity index (χ2v) is 18.3. The van der Waals surface area contributed by atoms with Gasteiger partial charge in [0, 0.05) is 6.42 Å². The number of rotatable bonds is 48. The molecule has 0 aliphatic carbocycles. The average molecular weight is 906 g/mol. The molecule has 374 valence electrons. The quantitative estimate of drug-likeness (QED) is 0.0321. The molecule has 0 radical (unpaired) electrons. The second-order valence-electron chi connectivity index (χ2n) is 18.3. The van der Waals surface area contributed by atoms with Gasteiger partial charge in [0.05, 0.1) is 25.2 Å². The average Bonchev–Trinajstić information content (AvgIpc) is 3.30. The van der Waals surface area contributed by atoms with Crippen molar-refractivity contribution in [3.8, 4) is 0 Å². The molecule has 0 saturated heterocycles. The minimum atomic E-state index is -0.803. The predicted octanol–water partition coefficient (Wildman–Crippen LogP) is 16.7. The Morgan fingerprint density at radius 2 is 0.785 bits per heavy atom. The van der Waals surface area contributed by atoms with Crippen LogP contribution in [0.3, 0.4) is 0 Å². The van der Waals surface area contributed by atoms with Gasteiger partial charge in [-0.1, -0.05) is 215 Å². The molecule has 3 atom stereocenters. The molecule has 1 amide bonds.